The van der Waals surface area contributed by atoms with E-state index in [0.717, 1.165) is 5.56 Å². The first kappa shape index (κ1) is 19.2. The Balaban J connectivity index is 1.97. The van der Waals surface area contributed by atoms with Crippen LogP contribution in [-0.2, 0) is 9.59 Å². The lowest BCUT2D eigenvalue weighted by Gasteiger charge is -2.11. The Morgan fingerprint density at radius 3 is 2.46 bits per heavy atom. The molecule has 0 spiro atoms. The van der Waals surface area contributed by atoms with E-state index in [9.17, 15) is 9.59 Å². The highest BCUT2D eigenvalue weighted by atomic mass is 16.5. The molecule has 3 N–H and O–H groups in total. The van der Waals surface area contributed by atoms with Crippen molar-refractivity contribution in [1.29, 1.82) is 0 Å². The van der Waals surface area contributed by atoms with E-state index in [-0.39, 0.29) is 18.9 Å². The molecule has 2 amide bonds. The number of ether oxygens (including phenoxy) is 1. The van der Waals surface area contributed by atoms with Crippen molar-refractivity contribution in [2.75, 3.05) is 11.9 Å². The van der Waals surface area contributed by atoms with E-state index < -0.39 is 5.91 Å². The quantitative estimate of drug-likeness (QED) is 0.711. The van der Waals surface area contributed by atoms with Crippen LogP contribution in [0.5, 0.6) is 5.75 Å². The van der Waals surface area contributed by atoms with Gasteiger partial charge < -0.3 is 15.8 Å². The third-order valence-electron chi connectivity index (χ3n) is 3.78. The van der Waals surface area contributed by atoms with Gasteiger partial charge in [-0.3, -0.25) is 9.59 Å². The van der Waals surface area contributed by atoms with Crippen molar-refractivity contribution in [2.45, 2.75) is 26.2 Å². The molecule has 0 aliphatic heterocycles. The topological polar surface area (TPSA) is 81.4 Å². The predicted octanol–water partition coefficient (Wildman–Crippen LogP) is 3.72. The zero-order valence-electron chi connectivity index (χ0n) is 15.1. The minimum atomic E-state index is -0.432. The predicted molar refractivity (Wildman–Crippen MR) is 104 cm³/mol. The number of nitrogens with one attached hydrogen (secondary N) is 1. The van der Waals surface area contributed by atoms with E-state index in [1.165, 1.54) is 11.6 Å². The van der Waals surface area contributed by atoms with Gasteiger partial charge in [0.2, 0.25) is 11.8 Å². The van der Waals surface area contributed by atoms with Crippen molar-refractivity contribution in [3.63, 3.8) is 0 Å². The molecule has 0 bridgehead atoms. The minimum Gasteiger partial charge on any atom is -0.491 e. The van der Waals surface area contributed by atoms with Crippen LogP contribution in [0.1, 0.15) is 37.3 Å². The summed E-state index contributed by atoms with van der Waals surface area (Å²) in [5, 5.41) is 2.78. The molecule has 0 radical (unpaired) electrons. The van der Waals surface area contributed by atoms with Crippen LogP contribution in [0, 0.1) is 0 Å². The molecular weight excluding hydrogens is 328 g/mol. The van der Waals surface area contributed by atoms with Crippen molar-refractivity contribution in [1.82, 2.24) is 0 Å². The highest BCUT2D eigenvalue weighted by Gasteiger charge is 2.06. The highest BCUT2D eigenvalue weighted by molar-refractivity contribution is 6.02. The number of carbonyl (C=O) groups is 2. The molecule has 5 heteroatoms. The summed E-state index contributed by atoms with van der Waals surface area (Å²) in [6.45, 7) is 4.45. The van der Waals surface area contributed by atoms with E-state index in [2.05, 4.69) is 31.3 Å². The van der Waals surface area contributed by atoms with Gasteiger partial charge in [-0.2, -0.15) is 0 Å². The maximum Gasteiger partial charge on any atom is 0.248 e. The summed E-state index contributed by atoms with van der Waals surface area (Å²) in [6.07, 6.45) is 3.36. The molecule has 0 saturated carbocycles. The van der Waals surface area contributed by atoms with Gasteiger partial charge in [0.25, 0.3) is 0 Å². The number of amides is 2. The van der Waals surface area contributed by atoms with Crippen molar-refractivity contribution < 1.29 is 14.3 Å². The normalized spacial score (nSPS) is 10.9. The molecule has 0 fully saturated rings. The fourth-order valence-corrected chi connectivity index (χ4v) is 2.30. The van der Waals surface area contributed by atoms with Crippen LogP contribution in [-0.4, -0.2) is 18.4 Å². The molecular formula is C21H24N2O3. The monoisotopic (exact) mass is 352 g/mol. The van der Waals surface area contributed by atoms with Crippen molar-refractivity contribution in [2.24, 2.45) is 5.73 Å². The summed E-state index contributed by atoms with van der Waals surface area (Å²) < 4.78 is 5.51. The fraction of sp³-hybridized carbons (Fsp3) is 0.238. The lowest BCUT2D eigenvalue weighted by Crippen LogP contribution is -2.15. The zero-order valence-corrected chi connectivity index (χ0v) is 15.1. The molecule has 0 heterocycles. The van der Waals surface area contributed by atoms with E-state index in [1.54, 1.807) is 30.3 Å². The number of hydrogen-bond acceptors (Lipinski definition) is 3. The van der Waals surface area contributed by atoms with Crippen LogP contribution in [0.15, 0.2) is 54.6 Å². The average Bonchev–Trinajstić information content (AvgIpc) is 2.61. The third kappa shape index (κ3) is 6.09. The number of para-hydroxylation sites is 2. The molecule has 5 nitrogen and oxygen atoms in total. The second kappa shape index (κ2) is 9.42. The van der Waals surface area contributed by atoms with Crippen molar-refractivity contribution in [3.8, 4) is 5.75 Å². The van der Waals surface area contributed by atoms with Gasteiger partial charge in [0.1, 0.15) is 5.75 Å². The second-order valence-corrected chi connectivity index (χ2v) is 6.20. The maximum atomic E-state index is 12.2. The van der Waals surface area contributed by atoms with Crippen LogP contribution in [0.25, 0.3) is 6.08 Å². The van der Waals surface area contributed by atoms with Gasteiger partial charge in [-0.05, 0) is 35.3 Å². The zero-order chi connectivity index (χ0) is 18.9. The molecule has 0 saturated heterocycles. The first-order valence-electron chi connectivity index (χ1n) is 8.55. The Morgan fingerprint density at radius 1 is 1.12 bits per heavy atom. The summed E-state index contributed by atoms with van der Waals surface area (Å²) in [5.41, 5.74) is 7.85. The number of benzene rings is 2. The van der Waals surface area contributed by atoms with E-state index in [1.807, 2.05) is 12.1 Å². The van der Waals surface area contributed by atoms with Crippen LogP contribution in [0.2, 0.25) is 0 Å². The van der Waals surface area contributed by atoms with Gasteiger partial charge in [-0.25, -0.2) is 0 Å². The standard InChI is InChI=1S/C21H24N2O3/c1-15(2)17-10-7-16(8-11-17)9-12-21(25)23-18-5-3-4-6-19(18)26-14-13-20(22)24/h3-12,15H,13-14H2,1-2H3,(H2,22,24)(H,23,25)/b12-9+. The van der Waals surface area contributed by atoms with Crippen LogP contribution < -0.4 is 15.8 Å². The minimum absolute atomic E-state index is 0.120. The number of primary amides is 1. The molecule has 26 heavy (non-hydrogen) atoms. The van der Waals surface area contributed by atoms with E-state index in [0.29, 0.717) is 17.4 Å². The van der Waals surface area contributed by atoms with Crippen molar-refractivity contribution in [3.05, 3.63) is 65.7 Å². The number of rotatable bonds is 8. The largest absolute Gasteiger partial charge is 0.491 e. The second-order valence-electron chi connectivity index (χ2n) is 6.20. The van der Waals surface area contributed by atoms with Crippen LogP contribution >= 0.6 is 0 Å². The average molecular weight is 352 g/mol. The molecule has 2 rings (SSSR count). The Bertz CT molecular complexity index is 780. The number of carbonyl (C=O) groups excluding carboxylic acids is 2. The van der Waals surface area contributed by atoms with Crippen LogP contribution in [0.3, 0.4) is 0 Å². The SMILES string of the molecule is CC(C)c1ccc(/C=C/C(=O)Nc2ccccc2OCCC(N)=O)cc1. The van der Waals surface area contributed by atoms with Crippen LogP contribution in [0.4, 0.5) is 5.69 Å². The third-order valence-corrected chi connectivity index (χ3v) is 3.78. The fourth-order valence-electron chi connectivity index (χ4n) is 2.30. The van der Waals surface area contributed by atoms with E-state index >= 15 is 0 Å². The molecule has 0 atom stereocenters. The smallest absolute Gasteiger partial charge is 0.248 e. The molecule has 0 aromatic heterocycles. The summed E-state index contributed by atoms with van der Waals surface area (Å²) in [4.78, 5) is 23.0. The number of anilines is 1. The van der Waals surface area contributed by atoms with Crippen molar-refractivity contribution >= 4 is 23.6 Å². The lowest BCUT2D eigenvalue weighted by atomic mass is 10.0. The van der Waals surface area contributed by atoms with Gasteiger partial charge in [0.05, 0.1) is 18.7 Å². The number of hydrogen-bond donors (Lipinski definition) is 2. The summed E-state index contributed by atoms with van der Waals surface area (Å²) in [6, 6.07) is 15.1. The van der Waals surface area contributed by atoms with Gasteiger partial charge >= 0.3 is 0 Å². The maximum absolute atomic E-state index is 12.2. The molecule has 136 valence electrons. The summed E-state index contributed by atoms with van der Waals surface area (Å²) >= 11 is 0. The Hall–Kier alpha value is -3.08. The highest BCUT2D eigenvalue weighted by Crippen LogP contribution is 2.24. The first-order chi connectivity index (χ1) is 12.5. The first-order valence-corrected chi connectivity index (χ1v) is 8.55. The van der Waals surface area contributed by atoms with Gasteiger partial charge in [0, 0.05) is 6.08 Å². The number of nitrogens with two attached hydrogens (primary N) is 1. The molecule has 0 aliphatic rings. The van der Waals surface area contributed by atoms with Gasteiger partial charge in [0.15, 0.2) is 0 Å². The Kier molecular flexibility index (Phi) is 6.97. The molecule has 0 aliphatic carbocycles. The van der Waals surface area contributed by atoms with E-state index in [4.69, 9.17) is 10.5 Å². The molecule has 2 aromatic carbocycles. The molecule has 2 aromatic rings. The molecule has 0 unspecified atom stereocenters. The summed E-state index contributed by atoms with van der Waals surface area (Å²) in [7, 11) is 0. The van der Waals surface area contributed by atoms with Gasteiger partial charge in [-0.1, -0.05) is 50.2 Å². The Labute approximate surface area is 153 Å². The lowest BCUT2D eigenvalue weighted by molar-refractivity contribution is -0.118. The Morgan fingerprint density at radius 2 is 1.81 bits per heavy atom. The summed E-state index contributed by atoms with van der Waals surface area (Å²) in [5.74, 6) is 0.279. The van der Waals surface area contributed by atoms with Gasteiger partial charge in [-0.15, -0.1) is 0 Å².